The highest BCUT2D eigenvalue weighted by molar-refractivity contribution is 5.77. The fraction of sp³-hybridized carbons (Fsp3) is 0.333. The Hall–Kier alpha value is -2.88. The van der Waals surface area contributed by atoms with Crippen molar-refractivity contribution in [3.8, 4) is 11.3 Å². The third-order valence-electron chi connectivity index (χ3n) is 5.45. The molecule has 28 heavy (non-hydrogen) atoms. The molecule has 0 aliphatic carbocycles. The molecule has 2 aromatic carbocycles. The van der Waals surface area contributed by atoms with E-state index in [-0.39, 0.29) is 5.91 Å². The monoisotopic (exact) mass is 374 g/mol. The van der Waals surface area contributed by atoms with Gasteiger partial charge in [0, 0.05) is 31.0 Å². The van der Waals surface area contributed by atoms with Gasteiger partial charge < -0.3 is 9.32 Å². The van der Waals surface area contributed by atoms with Gasteiger partial charge in [-0.25, -0.2) is 4.98 Å². The Morgan fingerprint density at radius 3 is 2.71 bits per heavy atom. The zero-order valence-electron chi connectivity index (χ0n) is 16.3. The van der Waals surface area contributed by atoms with E-state index >= 15 is 0 Å². The standard InChI is InChI=1S/C24H26N2O2/c1-18-9-11-20(12-10-18)22-17-25-23(28-22)13-14-24(27)26-15-5-8-21(26)16-19-6-3-2-4-7-19/h2-4,6-7,9-12,17,21H,5,8,13-16H2,1H3. The van der Waals surface area contributed by atoms with Crippen LogP contribution in [0.4, 0.5) is 0 Å². The van der Waals surface area contributed by atoms with E-state index in [9.17, 15) is 4.79 Å². The van der Waals surface area contributed by atoms with Crippen molar-refractivity contribution in [1.82, 2.24) is 9.88 Å². The van der Waals surface area contributed by atoms with Gasteiger partial charge in [0.15, 0.2) is 11.7 Å². The Morgan fingerprint density at radius 2 is 1.93 bits per heavy atom. The summed E-state index contributed by atoms with van der Waals surface area (Å²) in [6, 6.07) is 18.9. The Balaban J connectivity index is 1.34. The number of likely N-dealkylation sites (tertiary alicyclic amines) is 1. The van der Waals surface area contributed by atoms with Crippen LogP contribution >= 0.6 is 0 Å². The lowest BCUT2D eigenvalue weighted by Gasteiger charge is -2.24. The van der Waals surface area contributed by atoms with Crippen LogP contribution in [0.25, 0.3) is 11.3 Å². The molecule has 1 aromatic heterocycles. The first-order valence-electron chi connectivity index (χ1n) is 10.0. The average Bonchev–Trinajstić information content (AvgIpc) is 3.37. The summed E-state index contributed by atoms with van der Waals surface area (Å²) < 4.78 is 5.86. The highest BCUT2D eigenvalue weighted by Gasteiger charge is 2.28. The Kier molecular flexibility index (Phi) is 5.56. The van der Waals surface area contributed by atoms with Gasteiger partial charge in [-0.3, -0.25) is 4.79 Å². The molecule has 0 saturated carbocycles. The van der Waals surface area contributed by atoms with Gasteiger partial charge in [0.25, 0.3) is 0 Å². The Bertz CT molecular complexity index is 915. The molecule has 4 nitrogen and oxygen atoms in total. The van der Waals surface area contributed by atoms with E-state index < -0.39 is 0 Å². The molecule has 1 amide bonds. The van der Waals surface area contributed by atoms with Gasteiger partial charge in [-0.15, -0.1) is 0 Å². The molecule has 0 spiro atoms. The van der Waals surface area contributed by atoms with Crippen molar-refractivity contribution >= 4 is 5.91 Å². The zero-order valence-corrected chi connectivity index (χ0v) is 16.3. The number of nitrogens with zero attached hydrogens (tertiary/aromatic N) is 2. The largest absolute Gasteiger partial charge is 0.441 e. The minimum absolute atomic E-state index is 0.202. The predicted molar refractivity (Wildman–Crippen MR) is 110 cm³/mol. The van der Waals surface area contributed by atoms with Crippen LogP contribution in [0.2, 0.25) is 0 Å². The fourth-order valence-corrected chi connectivity index (χ4v) is 3.90. The number of aryl methyl sites for hydroxylation is 2. The van der Waals surface area contributed by atoms with E-state index in [0.717, 1.165) is 37.1 Å². The van der Waals surface area contributed by atoms with Crippen LogP contribution in [-0.2, 0) is 17.6 Å². The van der Waals surface area contributed by atoms with Crippen molar-refractivity contribution in [3.05, 3.63) is 77.8 Å². The average molecular weight is 374 g/mol. The van der Waals surface area contributed by atoms with Gasteiger partial charge in [0.05, 0.1) is 6.20 Å². The number of oxazole rings is 1. The van der Waals surface area contributed by atoms with Crippen LogP contribution in [0.5, 0.6) is 0 Å². The highest BCUT2D eigenvalue weighted by atomic mass is 16.4. The second-order valence-corrected chi connectivity index (χ2v) is 7.56. The molecular formula is C24H26N2O2. The van der Waals surface area contributed by atoms with Crippen molar-refractivity contribution in [2.24, 2.45) is 0 Å². The molecule has 1 fully saturated rings. The van der Waals surface area contributed by atoms with Crippen LogP contribution in [0, 0.1) is 6.92 Å². The first-order valence-corrected chi connectivity index (χ1v) is 10.0. The van der Waals surface area contributed by atoms with Gasteiger partial charge in [-0.1, -0.05) is 60.2 Å². The summed E-state index contributed by atoms with van der Waals surface area (Å²) in [5.74, 6) is 1.59. The smallest absolute Gasteiger partial charge is 0.223 e. The number of aromatic nitrogens is 1. The quantitative estimate of drug-likeness (QED) is 0.622. The molecule has 1 atom stereocenters. The molecule has 0 radical (unpaired) electrons. The van der Waals surface area contributed by atoms with Crippen molar-refractivity contribution < 1.29 is 9.21 Å². The maximum atomic E-state index is 12.8. The van der Waals surface area contributed by atoms with Gasteiger partial charge in [0.1, 0.15) is 0 Å². The molecule has 3 aromatic rings. The first kappa shape index (κ1) is 18.5. The first-order chi connectivity index (χ1) is 13.7. The second kappa shape index (κ2) is 8.42. The molecule has 1 saturated heterocycles. The number of hydrogen-bond acceptors (Lipinski definition) is 3. The van der Waals surface area contributed by atoms with Crippen LogP contribution in [0.1, 0.15) is 36.3 Å². The summed E-state index contributed by atoms with van der Waals surface area (Å²) in [7, 11) is 0. The molecule has 0 bridgehead atoms. The van der Waals surface area contributed by atoms with E-state index in [1.54, 1.807) is 6.20 Å². The summed E-state index contributed by atoms with van der Waals surface area (Å²) in [5.41, 5.74) is 3.52. The lowest BCUT2D eigenvalue weighted by atomic mass is 10.0. The zero-order chi connectivity index (χ0) is 19.3. The maximum Gasteiger partial charge on any atom is 0.223 e. The van der Waals surface area contributed by atoms with E-state index in [1.165, 1.54) is 11.1 Å². The number of amides is 1. The molecule has 4 rings (SSSR count). The number of hydrogen-bond donors (Lipinski definition) is 0. The molecule has 1 unspecified atom stereocenters. The maximum absolute atomic E-state index is 12.8. The van der Waals surface area contributed by atoms with Crippen LogP contribution in [-0.4, -0.2) is 28.4 Å². The van der Waals surface area contributed by atoms with Crippen LogP contribution < -0.4 is 0 Å². The lowest BCUT2D eigenvalue weighted by molar-refractivity contribution is -0.132. The number of rotatable bonds is 6. The third-order valence-corrected chi connectivity index (χ3v) is 5.45. The fourth-order valence-electron chi connectivity index (χ4n) is 3.90. The minimum Gasteiger partial charge on any atom is -0.441 e. The molecule has 4 heteroatoms. The van der Waals surface area contributed by atoms with E-state index in [0.29, 0.717) is 24.8 Å². The van der Waals surface area contributed by atoms with Crippen LogP contribution in [0.15, 0.2) is 65.2 Å². The van der Waals surface area contributed by atoms with Crippen molar-refractivity contribution in [3.63, 3.8) is 0 Å². The summed E-state index contributed by atoms with van der Waals surface area (Å²) in [6.45, 7) is 2.92. The third kappa shape index (κ3) is 4.33. The van der Waals surface area contributed by atoms with Gasteiger partial charge in [-0.05, 0) is 31.7 Å². The Labute approximate surface area is 166 Å². The minimum atomic E-state index is 0.202. The SMILES string of the molecule is Cc1ccc(-c2cnc(CCC(=O)N3CCCC3Cc3ccccc3)o2)cc1. The van der Waals surface area contributed by atoms with Crippen LogP contribution in [0.3, 0.4) is 0 Å². The van der Waals surface area contributed by atoms with E-state index in [2.05, 4.69) is 53.2 Å². The molecule has 144 valence electrons. The summed E-state index contributed by atoms with van der Waals surface area (Å²) >= 11 is 0. The number of benzene rings is 2. The Morgan fingerprint density at radius 1 is 1.14 bits per heavy atom. The molecular weight excluding hydrogens is 348 g/mol. The van der Waals surface area contributed by atoms with Crippen molar-refractivity contribution in [2.45, 2.75) is 45.1 Å². The molecule has 2 heterocycles. The highest BCUT2D eigenvalue weighted by Crippen LogP contribution is 2.24. The lowest BCUT2D eigenvalue weighted by Crippen LogP contribution is -2.36. The van der Waals surface area contributed by atoms with Crippen molar-refractivity contribution in [1.29, 1.82) is 0 Å². The van der Waals surface area contributed by atoms with E-state index in [4.69, 9.17) is 4.42 Å². The number of carbonyl (C=O) groups excluding carboxylic acids is 1. The molecule has 0 N–H and O–H groups in total. The summed E-state index contributed by atoms with van der Waals surface area (Å²) in [4.78, 5) is 19.2. The summed E-state index contributed by atoms with van der Waals surface area (Å²) in [6.07, 6.45) is 5.83. The van der Waals surface area contributed by atoms with Gasteiger partial charge in [0.2, 0.25) is 5.91 Å². The second-order valence-electron chi connectivity index (χ2n) is 7.56. The van der Waals surface area contributed by atoms with Gasteiger partial charge in [-0.2, -0.15) is 0 Å². The molecule has 1 aliphatic heterocycles. The van der Waals surface area contributed by atoms with Gasteiger partial charge >= 0.3 is 0 Å². The van der Waals surface area contributed by atoms with Crippen molar-refractivity contribution in [2.75, 3.05) is 6.54 Å². The summed E-state index contributed by atoms with van der Waals surface area (Å²) in [5, 5.41) is 0. The predicted octanol–water partition coefficient (Wildman–Crippen LogP) is 4.82. The number of carbonyl (C=O) groups is 1. The van der Waals surface area contributed by atoms with E-state index in [1.807, 2.05) is 18.2 Å². The topological polar surface area (TPSA) is 46.3 Å². The molecule has 1 aliphatic rings. The normalized spacial score (nSPS) is 16.5.